The number of hydrogen-bond donors (Lipinski definition) is 0. The fraction of sp³-hybridized carbons (Fsp3) is 0.643. The smallest absolute Gasteiger partial charge is 0.330 e. The van der Waals surface area contributed by atoms with E-state index in [1.807, 2.05) is 13.0 Å². The van der Waals surface area contributed by atoms with Crippen LogP contribution in [0.5, 0.6) is 0 Å². The molecule has 0 unspecified atom stereocenters. The minimum Gasteiger partial charge on any atom is -0.460 e. The first kappa shape index (κ1) is 16.9. The van der Waals surface area contributed by atoms with E-state index in [-0.39, 0.29) is 12.6 Å². The largest absolute Gasteiger partial charge is 0.460 e. The van der Waals surface area contributed by atoms with Gasteiger partial charge in [-0.05, 0) is 13.3 Å². The van der Waals surface area contributed by atoms with E-state index in [9.17, 15) is 4.79 Å². The van der Waals surface area contributed by atoms with Crippen molar-refractivity contribution in [3.63, 3.8) is 0 Å². The second-order valence-electron chi connectivity index (χ2n) is 3.63. The first-order valence-electron chi connectivity index (χ1n) is 6.42. The molecule has 18 heavy (non-hydrogen) atoms. The third-order valence-corrected chi connectivity index (χ3v) is 2.02. The van der Waals surface area contributed by atoms with Crippen LogP contribution < -0.4 is 0 Å². The third-order valence-electron chi connectivity index (χ3n) is 2.02. The number of carbonyl (C=O) groups excluding carboxylic acids is 1. The zero-order valence-electron chi connectivity index (χ0n) is 11.4. The van der Waals surface area contributed by atoms with Crippen LogP contribution in [-0.4, -0.2) is 39.0 Å². The molecule has 0 N–H and O–H groups in total. The van der Waals surface area contributed by atoms with Crippen LogP contribution in [0.3, 0.4) is 0 Å². The maximum Gasteiger partial charge on any atom is 0.330 e. The van der Waals surface area contributed by atoms with Crippen LogP contribution in [0.15, 0.2) is 24.3 Å². The molecule has 0 spiro atoms. The number of unbranched alkanes of at least 4 members (excludes halogenated alkanes) is 1. The number of esters is 1. The average Bonchev–Trinajstić information content (AvgIpc) is 2.37. The summed E-state index contributed by atoms with van der Waals surface area (Å²) >= 11 is 0. The molecule has 104 valence electrons. The molecule has 0 aromatic rings. The molecule has 0 rings (SSSR count). The normalized spacial score (nSPS) is 11.4. The molecule has 0 aliphatic heterocycles. The lowest BCUT2D eigenvalue weighted by atomic mass is 10.4. The van der Waals surface area contributed by atoms with Crippen LogP contribution in [-0.2, 0) is 19.0 Å². The summed E-state index contributed by atoms with van der Waals surface area (Å²) in [6.07, 6.45) is 8.85. The van der Waals surface area contributed by atoms with Crippen molar-refractivity contribution in [3.05, 3.63) is 24.3 Å². The second kappa shape index (κ2) is 13.9. The minimum absolute atomic E-state index is 0.272. The van der Waals surface area contributed by atoms with Crippen LogP contribution in [0, 0.1) is 0 Å². The minimum atomic E-state index is -0.351. The Morgan fingerprint density at radius 3 is 2.33 bits per heavy atom. The highest BCUT2D eigenvalue weighted by atomic mass is 16.6. The predicted octanol–water partition coefficient (Wildman–Crippen LogP) is 2.50. The van der Waals surface area contributed by atoms with E-state index in [2.05, 4.69) is 6.92 Å². The fourth-order valence-electron chi connectivity index (χ4n) is 1.06. The molecule has 0 aromatic carbocycles. The van der Waals surface area contributed by atoms with Gasteiger partial charge < -0.3 is 14.2 Å². The van der Waals surface area contributed by atoms with Crippen molar-refractivity contribution in [3.8, 4) is 0 Å². The molecule has 4 nitrogen and oxygen atoms in total. The number of rotatable bonds is 11. The van der Waals surface area contributed by atoms with E-state index in [1.165, 1.54) is 6.08 Å². The first-order chi connectivity index (χ1) is 8.81. The van der Waals surface area contributed by atoms with Crippen molar-refractivity contribution in [1.82, 2.24) is 0 Å². The molecule has 0 aliphatic rings. The van der Waals surface area contributed by atoms with Crippen molar-refractivity contribution in [2.24, 2.45) is 0 Å². The van der Waals surface area contributed by atoms with Gasteiger partial charge in [-0.1, -0.05) is 31.6 Å². The molecule has 0 fully saturated rings. The number of carbonyl (C=O) groups is 1. The Kier molecular flexibility index (Phi) is 13.1. The Hall–Kier alpha value is -1.13. The quantitative estimate of drug-likeness (QED) is 0.246. The number of ether oxygens (including phenoxy) is 3. The van der Waals surface area contributed by atoms with Crippen LogP contribution in [0.4, 0.5) is 0 Å². The van der Waals surface area contributed by atoms with Gasteiger partial charge in [0.15, 0.2) is 0 Å². The van der Waals surface area contributed by atoms with Crippen molar-refractivity contribution in [2.45, 2.75) is 26.7 Å². The average molecular weight is 256 g/mol. The van der Waals surface area contributed by atoms with Crippen molar-refractivity contribution >= 4 is 5.97 Å². The fourth-order valence-corrected chi connectivity index (χ4v) is 1.06. The summed E-state index contributed by atoms with van der Waals surface area (Å²) in [5.74, 6) is -0.351. The summed E-state index contributed by atoms with van der Waals surface area (Å²) in [7, 11) is 0. The molecule has 0 aromatic heterocycles. The highest BCUT2D eigenvalue weighted by Crippen LogP contribution is 1.88. The lowest BCUT2D eigenvalue weighted by Gasteiger charge is -2.05. The Morgan fingerprint density at radius 1 is 1.00 bits per heavy atom. The van der Waals surface area contributed by atoms with E-state index >= 15 is 0 Å². The summed E-state index contributed by atoms with van der Waals surface area (Å²) in [4.78, 5) is 11.1. The molecule has 0 bridgehead atoms. The molecule has 0 saturated carbocycles. The monoisotopic (exact) mass is 256 g/mol. The Morgan fingerprint density at radius 2 is 1.67 bits per heavy atom. The van der Waals surface area contributed by atoms with Crippen LogP contribution >= 0.6 is 0 Å². The van der Waals surface area contributed by atoms with Gasteiger partial charge in [0.25, 0.3) is 0 Å². The number of hydrogen-bond acceptors (Lipinski definition) is 4. The molecule has 4 heteroatoms. The Balaban J connectivity index is 3.22. The maximum atomic E-state index is 11.1. The zero-order chi connectivity index (χ0) is 13.5. The summed E-state index contributed by atoms with van der Waals surface area (Å²) < 4.78 is 15.5. The summed E-state index contributed by atoms with van der Waals surface area (Å²) in [6.45, 7) is 6.59. The standard InChI is InChI=1S/C14H24O4/c1-3-5-7-8-14(15)18-13-12-17-11-10-16-9-6-4-2/h3,5,7-8H,4,6,9-13H2,1-2H3/b5-3+,8-7+. The van der Waals surface area contributed by atoms with E-state index in [4.69, 9.17) is 14.2 Å². The van der Waals surface area contributed by atoms with Gasteiger partial charge in [0.05, 0.1) is 19.8 Å². The topological polar surface area (TPSA) is 44.8 Å². The van der Waals surface area contributed by atoms with Crippen LogP contribution in [0.1, 0.15) is 26.7 Å². The second-order valence-corrected chi connectivity index (χ2v) is 3.63. The van der Waals surface area contributed by atoms with Crippen LogP contribution in [0.2, 0.25) is 0 Å². The van der Waals surface area contributed by atoms with Gasteiger partial charge >= 0.3 is 5.97 Å². The van der Waals surface area contributed by atoms with Gasteiger partial charge in [-0.2, -0.15) is 0 Å². The highest BCUT2D eigenvalue weighted by molar-refractivity contribution is 5.82. The predicted molar refractivity (Wildman–Crippen MR) is 71.5 cm³/mol. The van der Waals surface area contributed by atoms with Crippen molar-refractivity contribution in [2.75, 3.05) is 33.0 Å². The van der Waals surface area contributed by atoms with Gasteiger partial charge in [-0.25, -0.2) is 4.79 Å². The lowest BCUT2D eigenvalue weighted by Crippen LogP contribution is -2.11. The van der Waals surface area contributed by atoms with Gasteiger partial charge in [-0.15, -0.1) is 0 Å². The molecule has 0 radical (unpaired) electrons. The lowest BCUT2D eigenvalue weighted by molar-refractivity contribution is -0.139. The van der Waals surface area contributed by atoms with E-state index in [1.54, 1.807) is 12.2 Å². The first-order valence-corrected chi connectivity index (χ1v) is 6.42. The Labute approximate surface area is 110 Å². The van der Waals surface area contributed by atoms with E-state index in [0.717, 1.165) is 19.4 Å². The maximum absolute atomic E-state index is 11.1. The molecule has 0 atom stereocenters. The van der Waals surface area contributed by atoms with E-state index in [0.29, 0.717) is 19.8 Å². The molecule has 0 amide bonds. The van der Waals surface area contributed by atoms with Gasteiger partial charge in [-0.3, -0.25) is 0 Å². The SMILES string of the molecule is C/C=C/C=C/C(=O)OCCOCCOCCCC. The summed E-state index contributed by atoms with van der Waals surface area (Å²) in [6, 6.07) is 0. The highest BCUT2D eigenvalue weighted by Gasteiger charge is 1.95. The molecular weight excluding hydrogens is 232 g/mol. The number of allylic oxidation sites excluding steroid dienone is 3. The molecule has 0 aliphatic carbocycles. The molecular formula is C14H24O4. The van der Waals surface area contributed by atoms with Gasteiger partial charge in [0, 0.05) is 12.7 Å². The zero-order valence-corrected chi connectivity index (χ0v) is 11.4. The van der Waals surface area contributed by atoms with Crippen molar-refractivity contribution < 1.29 is 19.0 Å². The third kappa shape index (κ3) is 12.9. The van der Waals surface area contributed by atoms with E-state index < -0.39 is 0 Å². The molecule has 0 heterocycles. The van der Waals surface area contributed by atoms with Gasteiger partial charge in [0.2, 0.25) is 0 Å². The van der Waals surface area contributed by atoms with Crippen molar-refractivity contribution in [1.29, 1.82) is 0 Å². The van der Waals surface area contributed by atoms with Gasteiger partial charge in [0.1, 0.15) is 6.61 Å². The van der Waals surface area contributed by atoms with Crippen LogP contribution in [0.25, 0.3) is 0 Å². The molecule has 0 saturated heterocycles. The Bertz CT molecular complexity index is 246. The summed E-state index contributed by atoms with van der Waals surface area (Å²) in [5, 5.41) is 0. The summed E-state index contributed by atoms with van der Waals surface area (Å²) in [5.41, 5.74) is 0.